The quantitative estimate of drug-likeness (QED) is 0.584. The van der Waals surface area contributed by atoms with Gasteiger partial charge in [0.2, 0.25) is 0 Å². The predicted molar refractivity (Wildman–Crippen MR) is 123 cm³/mol. The summed E-state index contributed by atoms with van der Waals surface area (Å²) in [5.41, 5.74) is 1.74. The molecule has 0 radical (unpaired) electrons. The predicted octanol–water partition coefficient (Wildman–Crippen LogP) is 4.08. The SMILES string of the molecule is COCc1cccc(NC(=O)C2CN(S(=O)(=O)c3ccccc3)c3cc(Cl)ccc3O2)c1. The molecule has 32 heavy (non-hydrogen) atoms. The third kappa shape index (κ3) is 4.57. The zero-order chi connectivity index (χ0) is 22.7. The maximum Gasteiger partial charge on any atom is 0.267 e. The first-order valence-electron chi connectivity index (χ1n) is 9.81. The molecule has 1 aliphatic rings. The number of anilines is 2. The molecule has 0 saturated carbocycles. The first-order valence-corrected chi connectivity index (χ1v) is 11.6. The number of halogens is 1. The van der Waals surface area contributed by atoms with Crippen LogP contribution in [0.1, 0.15) is 5.56 Å². The topological polar surface area (TPSA) is 84.9 Å². The number of carbonyl (C=O) groups is 1. The van der Waals surface area contributed by atoms with E-state index in [1.807, 2.05) is 6.07 Å². The van der Waals surface area contributed by atoms with E-state index >= 15 is 0 Å². The van der Waals surface area contributed by atoms with E-state index in [1.54, 1.807) is 55.6 Å². The van der Waals surface area contributed by atoms with Crippen LogP contribution in [0.25, 0.3) is 0 Å². The van der Waals surface area contributed by atoms with Gasteiger partial charge in [0.15, 0.2) is 6.10 Å². The van der Waals surface area contributed by atoms with Crippen LogP contribution in [0.4, 0.5) is 11.4 Å². The van der Waals surface area contributed by atoms with Gasteiger partial charge in [0.1, 0.15) is 5.75 Å². The van der Waals surface area contributed by atoms with Crippen LogP contribution in [0.2, 0.25) is 5.02 Å². The van der Waals surface area contributed by atoms with Crippen LogP contribution in [0.3, 0.4) is 0 Å². The number of ether oxygens (including phenoxy) is 2. The van der Waals surface area contributed by atoms with Gasteiger partial charge >= 0.3 is 0 Å². The maximum absolute atomic E-state index is 13.4. The summed E-state index contributed by atoms with van der Waals surface area (Å²) in [5.74, 6) is -0.207. The number of methoxy groups -OCH3 is 1. The van der Waals surface area contributed by atoms with Crippen LogP contribution in [-0.4, -0.2) is 34.1 Å². The summed E-state index contributed by atoms with van der Waals surface area (Å²) in [6.45, 7) is 0.203. The monoisotopic (exact) mass is 472 g/mol. The van der Waals surface area contributed by atoms with E-state index in [1.165, 1.54) is 22.5 Å². The van der Waals surface area contributed by atoms with Gasteiger partial charge in [-0.25, -0.2) is 8.42 Å². The van der Waals surface area contributed by atoms with Gasteiger partial charge < -0.3 is 14.8 Å². The Hall–Kier alpha value is -3.07. The van der Waals surface area contributed by atoms with Crippen LogP contribution < -0.4 is 14.4 Å². The highest BCUT2D eigenvalue weighted by Crippen LogP contribution is 2.39. The number of amides is 1. The number of nitrogens with one attached hydrogen (secondary N) is 1. The summed E-state index contributed by atoms with van der Waals surface area (Å²) >= 11 is 6.12. The van der Waals surface area contributed by atoms with Crippen LogP contribution >= 0.6 is 11.6 Å². The number of fused-ring (bicyclic) bond motifs is 1. The van der Waals surface area contributed by atoms with Crippen LogP contribution in [-0.2, 0) is 26.2 Å². The highest BCUT2D eigenvalue weighted by atomic mass is 35.5. The Morgan fingerprint density at radius 1 is 1.12 bits per heavy atom. The van der Waals surface area contributed by atoms with Gasteiger partial charge in [-0.05, 0) is 48.0 Å². The molecule has 1 amide bonds. The number of sulfonamides is 1. The van der Waals surface area contributed by atoms with E-state index in [-0.39, 0.29) is 22.9 Å². The molecule has 1 heterocycles. The molecule has 0 aromatic heterocycles. The highest BCUT2D eigenvalue weighted by Gasteiger charge is 2.37. The zero-order valence-corrected chi connectivity index (χ0v) is 18.8. The lowest BCUT2D eigenvalue weighted by Gasteiger charge is -2.34. The van der Waals surface area contributed by atoms with Gasteiger partial charge in [-0.15, -0.1) is 0 Å². The number of nitrogens with zero attached hydrogens (tertiary/aromatic N) is 1. The first-order chi connectivity index (χ1) is 15.4. The number of benzene rings is 3. The maximum atomic E-state index is 13.4. The van der Waals surface area contributed by atoms with Crippen LogP contribution in [0.15, 0.2) is 77.7 Å². The van der Waals surface area contributed by atoms with E-state index in [4.69, 9.17) is 21.1 Å². The first kappa shape index (κ1) is 22.1. The fourth-order valence-electron chi connectivity index (χ4n) is 3.44. The molecule has 0 saturated heterocycles. The van der Waals surface area contributed by atoms with Crippen molar-refractivity contribution in [1.82, 2.24) is 0 Å². The van der Waals surface area contributed by atoms with Crippen molar-refractivity contribution in [3.05, 3.63) is 83.4 Å². The van der Waals surface area contributed by atoms with Crippen molar-refractivity contribution < 1.29 is 22.7 Å². The molecule has 1 N–H and O–H groups in total. The molecule has 1 aliphatic heterocycles. The van der Waals surface area contributed by atoms with E-state index in [0.29, 0.717) is 17.3 Å². The second-order valence-corrected chi connectivity index (χ2v) is 9.49. The third-order valence-corrected chi connectivity index (χ3v) is 6.95. The van der Waals surface area contributed by atoms with Gasteiger partial charge in [-0.2, -0.15) is 0 Å². The molecule has 0 spiro atoms. The molecular weight excluding hydrogens is 452 g/mol. The zero-order valence-electron chi connectivity index (χ0n) is 17.2. The van der Waals surface area contributed by atoms with Crippen LogP contribution in [0, 0.1) is 0 Å². The van der Waals surface area contributed by atoms with Crippen molar-refractivity contribution in [1.29, 1.82) is 0 Å². The number of hydrogen-bond donors (Lipinski definition) is 1. The Bertz CT molecular complexity index is 1230. The molecule has 4 rings (SSSR count). The summed E-state index contributed by atoms with van der Waals surface area (Å²) in [5, 5.41) is 3.16. The van der Waals surface area contributed by atoms with Gasteiger partial charge in [0.05, 0.1) is 23.7 Å². The van der Waals surface area contributed by atoms with E-state index in [9.17, 15) is 13.2 Å². The van der Waals surface area contributed by atoms with Gasteiger partial charge in [0.25, 0.3) is 15.9 Å². The molecule has 0 fully saturated rings. The minimum absolute atomic E-state index is 0.110. The Kier molecular flexibility index (Phi) is 6.36. The molecular formula is C23H21ClN2O5S. The molecule has 0 aliphatic carbocycles. The van der Waals surface area contributed by atoms with Crippen molar-refractivity contribution in [2.45, 2.75) is 17.6 Å². The molecule has 3 aromatic rings. The van der Waals surface area contributed by atoms with Crippen molar-refractivity contribution in [3.63, 3.8) is 0 Å². The standard InChI is InChI=1S/C23H21ClN2O5S/c1-30-15-16-6-5-7-18(12-16)25-23(27)22-14-26(20-13-17(24)10-11-21(20)31-22)32(28,29)19-8-3-2-4-9-19/h2-13,22H,14-15H2,1H3,(H,25,27). The van der Waals surface area contributed by atoms with Crippen molar-refractivity contribution in [3.8, 4) is 5.75 Å². The fraction of sp³-hybridized carbons (Fsp3) is 0.174. The summed E-state index contributed by atoms with van der Waals surface area (Å²) in [6.07, 6.45) is -1.06. The Labute approximate surface area is 191 Å². The Balaban J connectivity index is 1.65. The highest BCUT2D eigenvalue weighted by molar-refractivity contribution is 7.92. The summed E-state index contributed by atoms with van der Waals surface area (Å²) < 4.78 is 38.9. The molecule has 0 bridgehead atoms. The minimum atomic E-state index is -3.95. The number of hydrogen-bond acceptors (Lipinski definition) is 5. The summed E-state index contributed by atoms with van der Waals surface area (Å²) in [4.78, 5) is 13.1. The molecule has 1 atom stereocenters. The average molecular weight is 473 g/mol. The summed E-state index contributed by atoms with van der Waals surface area (Å²) in [7, 11) is -2.36. The van der Waals surface area contributed by atoms with E-state index in [0.717, 1.165) is 5.56 Å². The average Bonchev–Trinajstić information content (AvgIpc) is 2.79. The Morgan fingerprint density at radius 3 is 2.66 bits per heavy atom. The van der Waals surface area contributed by atoms with Gasteiger partial charge in [-0.3, -0.25) is 9.10 Å². The van der Waals surface area contributed by atoms with Crippen molar-refractivity contribution in [2.75, 3.05) is 23.3 Å². The molecule has 166 valence electrons. The molecule has 1 unspecified atom stereocenters. The van der Waals surface area contributed by atoms with Crippen molar-refractivity contribution >= 4 is 38.9 Å². The molecule has 7 nitrogen and oxygen atoms in total. The second kappa shape index (κ2) is 9.20. The van der Waals surface area contributed by atoms with Crippen molar-refractivity contribution in [2.24, 2.45) is 0 Å². The third-order valence-electron chi connectivity index (χ3n) is 4.92. The lowest BCUT2D eigenvalue weighted by Crippen LogP contribution is -2.48. The Morgan fingerprint density at radius 2 is 1.91 bits per heavy atom. The summed E-state index contributed by atoms with van der Waals surface area (Å²) in [6, 6.07) is 19.9. The number of rotatable bonds is 6. The van der Waals surface area contributed by atoms with E-state index in [2.05, 4.69) is 5.32 Å². The van der Waals surface area contributed by atoms with E-state index < -0.39 is 22.0 Å². The lowest BCUT2D eigenvalue weighted by molar-refractivity contribution is -0.122. The molecule has 3 aromatic carbocycles. The van der Waals surface area contributed by atoms with Gasteiger partial charge in [0, 0.05) is 17.8 Å². The van der Waals surface area contributed by atoms with Crippen LogP contribution in [0.5, 0.6) is 5.75 Å². The second-order valence-electron chi connectivity index (χ2n) is 7.19. The largest absolute Gasteiger partial charge is 0.476 e. The lowest BCUT2D eigenvalue weighted by atomic mass is 10.2. The normalized spacial score (nSPS) is 15.6. The van der Waals surface area contributed by atoms with Gasteiger partial charge in [-0.1, -0.05) is 41.9 Å². The molecule has 9 heteroatoms. The number of carbonyl (C=O) groups excluding carboxylic acids is 1. The fourth-order valence-corrected chi connectivity index (χ4v) is 5.09. The smallest absolute Gasteiger partial charge is 0.267 e. The minimum Gasteiger partial charge on any atom is -0.476 e.